The van der Waals surface area contributed by atoms with E-state index in [1.165, 1.54) is 10.7 Å². The van der Waals surface area contributed by atoms with Crippen LogP contribution in [0, 0.1) is 19.3 Å². The number of aromatic nitrogens is 2. The van der Waals surface area contributed by atoms with Gasteiger partial charge in [0.25, 0.3) is 5.91 Å². The summed E-state index contributed by atoms with van der Waals surface area (Å²) in [5.74, 6) is 1.65. The van der Waals surface area contributed by atoms with Crippen LogP contribution in [0.2, 0.25) is 5.02 Å². The lowest BCUT2D eigenvalue weighted by Crippen LogP contribution is -2.32. The van der Waals surface area contributed by atoms with Gasteiger partial charge in [0.2, 0.25) is 5.43 Å². The molecule has 0 spiro atoms. The molecule has 2 rings (SSSR count). The van der Waals surface area contributed by atoms with Crippen LogP contribution in [0.25, 0.3) is 5.69 Å². The van der Waals surface area contributed by atoms with E-state index in [4.69, 9.17) is 18.0 Å². The molecule has 1 aromatic carbocycles. The summed E-state index contributed by atoms with van der Waals surface area (Å²) < 4.78 is 1.45. The Morgan fingerprint density at radius 1 is 1.48 bits per heavy atom. The SMILES string of the molecule is C#CCNC(=O)c1nn(-c2ccccc2Cl)c(C)cc1=O. The van der Waals surface area contributed by atoms with E-state index < -0.39 is 11.3 Å². The minimum atomic E-state index is -0.612. The van der Waals surface area contributed by atoms with Crippen molar-refractivity contribution in [1.29, 1.82) is 0 Å². The molecule has 5 nitrogen and oxygen atoms in total. The van der Waals surface area contributed by atoms with Gasteiger partial charge < -0.3 is 5.32 Å². The van der Waals surface area contributed by atoms with Crippen molar-refractivity contribution < 1.29 is 4.79 Å². The van der Waals surface area contributed by atoms with E-state index in [0.29, 0.717) is 16.4 Å². The number of carbonyl (C=O) groups excluding carboxylic acids is 1. The zero-order valence-corrected chi connectivity index (χ0v) is 12.0. The number of benzene rings is 1. The van der Waals surface area contributed by atoms with Crippen molar-refractivity contribution in [3.63, 3.8) is 0 Å². The number of nitrogens with one attached hydrogen (secondary N) is 1. The molecule has 0 aliphatic carbocycles. The van der Waals surface area contributed by atoms with Crippen molar-refractivity contribution in [1.82, 2.24) is 15.1 Å². The van der Waals surface area contributed by atoms with Crippen LogP contribution in [0.1, 0.15) is 16.2 Å². The van der Waals surface area contributed by atoms with E-state index in [9.17, 15) is 9.59 Å². The molecule has 0 aliphatic heterocycles. The van der Waals surface area contributed by atoms with E-state index in [2.05, 4.69) is 16.3 Å². The van der Waals surface area contributed by atoms with E-state index in [-0.39, 0.29) is 12.2 Å². The Bertz CT molecular complexity index is 790. The van der Waals surface area contributed by atoms with E-state index >= 15 is 0 Å². The second kappa shape index (κ2) is 6.25. The number of nitrogens with zero attached hydrogens (tertiary/aromatic N) is 2. The lowest BCUT2D eigenvalue weighted by molar-refractivity contribution is 0.0951. The highest BCUT2D eigenvalue weighted by Gasteiger charge is 2.15. The normalized spacial score (nSPS) is 9.95. The standard InChI is InChI=1S/C15H12ClN3O2/c1-3-8-17-15(21)14-13(20)9-10(2)19(18-14)12-7-5-4-6-11(12)16/h1,4-7,9H,8H2,2H3,(H,17,21). The smallest absolute Gasteiger partial charge is 0.276 e. The quantitative estimate of drug-likeness (QED) is 0.875. The van der Waals surface area contributed by atoms with Crippen molar-refractivity contribution in [3.05, 3.63) is 57.0 Å². The molecule has 106 valence electrons. The van der Waals surface area contributed by atoms with Crippen molar-refractivity contribution in [2.75, 3.05) is 6.54 Å². The molecule has 1 aromatic heterocycles. The fourth-order valence-corrected chi connectivity index (χ4v) is 2.00. The van der Waals surface area contributed by atoms with Crippen molar-refractivity contribution in [2.45, 2.75) is 6.92 Å². The van der Waals surface area contributed by atoms with Crippen LogP contribution in [-0.4, -0.2) is 22.2 Å². The Morgan fingerprint density at radius 2 is 2.19 bits per heavy atom. The molecule has 0 radical (unpaired) electrons. The lowest BCUT2D eigenvalue weighted by atomic mass is 10.2. The zero-order chi connectivity index (χ0) is 15.4. The van der Waals surface area contributed by atoms with Crippen LogP contribution in [0.5, 0.6) is 0 Å². The van der Waals surface area contributed by atoms with E-state index in [1.807, 2.05) is 0 Å². The summed E-state index contributed by atoms with van der Waals surface area (Å²) in [6, 6.07) is 8.36. The molecule has 2 aromatic rings. The topological polar surface area (TPSA) is 64.0 Å². The van der Waals surface area contributed by atoms with Gasteiger partial charge in [0.15, 0.2) is 5.69 Å². The van der Waals surface area contributed by atoms with Crippen LogP contribution < -0.4 is 10.7 Å². The summed E-state index contributed by atoms with van der Waals surface area (Å²) in [5, 5.41) is 6.98. The monoisotopic (exact) mass is 301 g/mol. The highest BCUT2D eigenvalue weighted by molar-refractivity contribution is 6.32. The van der Waals surface area contributed by atoms with Gasteiger partial charge in [0.05, 0.1) is 17.3 Å². The first-order valence-electron chi connectivity index (χ1n) is 6.12. The average Bonchev–Trinajstić information content (AvgIpc) is 2.46. The third-order valence-electron chi connectivity index (χ3n) is 2.75. The minimum Gasteiger partial charge on any atom is -0.340 e. The summed E-state index contributed by atoms with van der Waals surface area (Å²) >= 11 is 6.12. The second-order valence-corrected chi connectivity index (χ2v) is 4.66. The molecule has 0 aliphatic rings. The summed E-state index contributed by atoms with van der Waals surface area (Å²) in [4.78, 5) is 23.8. The van der Waals surface area contributed by atoms with Gasteiger partial charge in [-0.2, -0.15) is 5.10 Å². The number of carbonyl (C=O) groups is 1. The summed E-state index contributed by atoms with van der Waals surface area (Å²) in [7, 11) is 0. The van der Waals surface area contributed by atoms with Gasteiger partial charge >= 0.3 is 0 Å². The molecule has 0 saturated carbocycles. The van der Waals surface area contributed by atoms with Crippen LogP contribution in [-0.2, 0) is 0 Å². The van der Waals surface area contributed by atoms with Crippen molar-refractivity contribution >= 4 is 17.5 Å². The van der Waals surface area contributed by atoms with Crippen LogP contribution in [0.15, 0.2) is 35.1 Å². The lowest BCUT2D eigenvalue weighted by Gasteiger charge is -2.12. The number of aryl methyl sites for hydroxylation is 1. The maximum absolute atomic E-state index is 11.9. The first-order valence-corrected chi connectivity index (χ1v) is 6.50. The number of hydrogen-bond acceptors (Lipinski definition) is 3. The molecule has 6 heteroatoms. The molecule has 0 saturated heterocycles. The third-order valence-corrected chi connectivity index (χ3v) is 3.07. The predicted octanol–water partition coefficient (Wildman–Crippen LogP) is 1.56. The van der Waals surface area contributed by atoms with E-state index in [0.717, 1.165) is 0 Å². The van der Waals surface area contributed by atoms with Gasteiger partial charge in [-0.15, -0.1) is 6.42 Å². The molecule has 1 heterocycles. The Labute approximate surface area is 126 Å². The number of hydrogen-bond donors (Lipinski definition) is 1. The molecular formula is C15H12ClN3O2. The van der Waals surface area contributed by atoms with Crippen LogP contribution >= 0.6 is 11.6 Å². The van der Waals surface area contributed by atoms with Gasteiger partial charge in [-0.3, -0.25) is 9.59 Å². The van der Waals surface area contributed by atoms with Gasteiger partial charge in [0.1, 0.15) is 0 Å². The molecule has 0 unspecified atom stereocenters. The van der Waals surface area contributed by atoms with Gasteiger partial charge in [0, 0.05) is 11.8 Å². The zero-order valence-electron chi connectivity index (χ0n) is 11.3. The number of rotatable bonds is 3. The highest BCUT2D eigenvalue weighted by Crippen LogP contribution is 2.19. The fraction of sp³-hybridized carbons (Fsp3) is 0.133. The van der Waals surface area contributed by atoms with Gasteiger partial charge in [-0.05, 0) is 19.1 Å². The van der Waals surface area contributed by atoms with Crippen LogP contribution in [0.4, 0.5) is 0 Å². The van der Waals surface area contributed by atoms with Crippen molar-refractivity contribution in [2.24, 2.45) is 0 Å². The van der Waals surface area contributed by atoms with E-state index in [1.54, 1.807) is 31.2 Å². The maximum Gasteiger partial charge on any atom is 0.276 e. The Balaban J connectivity index is 2.55. The Hall–Kier alpha value is -2.58. The molecule has 0 bridgehead atoms. The number of terminal acetylenes is 1. The summed E-state index contributed by atoms with van der Waals surface area (Å²) in [5.41, 5.74) is 0.463. The highest BCUT2D eigenvalue weighted by atomic mass is 35.5. The summed E-state index contributed by atoms with van der Waals surface area (Å²) in [6.45, 7) is 1.74. The second-order valence-electron chi connectivity index (χ2n) is 4.25. The molecule has 0 atom stereocenters. The molecule has 21 heavy (non-hydrogen) atoms. The largest absolute Gasteiger partial charge is 0.340 e. The minimum absolute atomic E-state index is 0.0277. The Kier molecular flexibility index (Phi) is 4.41. The number of para-hydroxylation sites is 1. The van der Waals surface area contributed by atoms with Gasteiger partial charge in [-0.25, -0.2) is 4.68 Å². The molecule has 1 amide bonds. The van der Waals surface area contributed by atoms with Crippen LogP contribution in [0.3, 0.4) is 0 Å². The fourth-order valence-electron chi connectivity index (χ4n) is 1.79. The summed E-state index contributed by atoms with van der Waals surface area (Å²) in [6.07, 6.45) is 5.07. The Morgan fingerprint density at radius 3 is 2.86 bits per heavy atom. The molecule has 0 fully saturated rings. The van der Waals surface area contributed by atoms with Crippen molar-refractivity contribution in [3.8, 4) is 18.0 Å². The maximum atomic E-state index is 11.9. The number of halogens is 1. The predicted molar refractivity (Wildman–Crippen MR) is 80.7 cm³/mol. The molecule has 1 N–H and O–H groups in total. The molecular weight excluding hydrogens is 290 g/mol. The number of amides is 1. The van der Waals surface area contributed by atoms with Gasteiger partial charge in [-0.1, -0.05) is 29.7 Å². The third kappa shape index (κ3) is 3.12. The average molecular weight is 302 g/mol. The first-order chi connectivity index (χ1) is 10.0. The first kappa shape index (κ1) is 14.8.